The topological polar surface area (TPSA) is 29.5 Å². The van der Waals surface area contributed by atoms with Gasteiger partial charge in [-0.05, 0) is 43.7 Å². The van der Waals surface area contributed by atoms with Crippen LogP contribution >= 0.6 is 15.9 Å². The van der Waals surface area contributed by atoms with Crippen molar-refractivity contribution in [2.75, 3.05) is 0 Å². The Bertz CT molecular complexity index is 450. The number of hydrogen-bond acceptors (Lipinski definition) is 2. The van der Waals surface area contributed by atoms with E-state index < -0.39 is 0 Å². The minimum Gasteiger partial charge on any atom is -0.487 e. The first-order chi connectivity index (χ1) is 8.58. The maximum atomic E-state index is 10.3. The zero-order valence-electron chi connectivity index (χ0n) is 10.7. The molecule has 0 saturated heterocycles. The number of ether oxygens (including phenoxy) is 1. The molecule has 3 heteroatoms. The maximum absolute atomic E-state index is 10.3. The minimum absolute atomic E-state index is 0.125. The molecule has 1 aromatic rings. The van der Waals surface area contributed by atoms with Crippen molar-refractivity contribution in [2.45, 2.75) is 50.7 Å². The van der Waals surface area contributed by atoms with Crippen molar-refractivity contribution in [1.82, 2.24) is 0 Å². The molecule has 98 valence electrons. The monoisotopic (exact) mass is 310 g/mol. The SMILES string of the molecule is CC1CCC2(CC1)C[C@H](O)c1ccc(Br)cc1O2. The fourth-order valence-electron chi connectivity index (χ4n) is 3.20. The second kappa shape index (κ2) is 4.53. The van der Waals surface area contributed by atoms with E-state index in [9.17, 15) is 5.11 Å². The van der Waals surface area contributed by atoms with Gasteiger partial charge in [-0.2, -0.15) is 0 Å². The van der Waals surface area contributed by atoms with E-state index >= 15 is 0 Å². The quantitative estimate of drug-likeness (QED) is 0.777. The highest BCUT2D eigenvalue weighted by molar-refractivity contribution is 9.10. The van der Waals surface area contributed by atoms with Crippen LogP contribution in [0, 0.1) is 5.92 Å². The smallest absolute Gasteiger partial charge is 0.127 e. The third-order valence-corrected chi connectivity index (χ3v) is 4.91. The first-order valence-corrected chi connectivity index (χ1v) is 7.54. The van der Waals surface area contributed by atoms with Crippen LogP contribution in [-0.4, -0.2) is 10.7 Å². The van der Waals surface area contributed by atoms with Crippen LogP contribution in [0.2, 0.25) is 0 Å². The molecule has 2 nitrogen and oxygen atoms in total. The Labute approximate surface area is 116 Å². The van der Waals surface area contributed by atoms with Gasteiger partial charge in [0.15, 0.2) is 0 Å². The summed E-state index contributed by atoms with van der Waals surface area (Å²) in [4.78, 5) is 0. The van der Waals surface area contributed by atoms with Gasteiger partial charge in [0.1, 0.15) is 11.4 Å². The number of aliphatic hydroxyl groups is 1. The lowest BCUT2D eigenvalue weighted by Gasteiger charge is -2.44. The van der Waals surface area contributed by atoms with Gasteiger partial charge in [0.2, 0.25) is 0 Å². The third kappa shape index (κ3) is 2.19. The van der Waals surface area contributed by atoms with Gasteiger partial charge in [0.05, 0.1) is 6.10 Å². The van der Waals surface area contributed by atoms with E-state index in [0.29, 0.717) is 0 Å². The highest BCUT2D eigenvalue weighted by atomic mass is 79.9. The normalized spacial score (nSPS) is 35.1. The Morgan fingerprint density at radius 1 is 1.33 bits per heavy atom. The van der Waals surface area contributed by atoms with Gasteiger partial charge in [-0.15, -0.1) is 0 Å². The lowest BCUT2D eigenvalue weighted by atomic mass is 9.74. The number of rotatable bonds is 0. The summed E-state index contributed by atoms with van der Waals surface area (Å²) < 4.78 is 7.28. The molecule has 1 aliphatic heterocycles. The van der Waals surface area contributed by atoms with Crippen LogP contribution in [0.3, 0.4) is 0 Å². The molecule has 18 heavy (non-hydrogen) atoms. The van der Waals surface area contributed by atoms with E-state index in [4.69, 9.17) is 4.74 Å². The molecule has 0 radical (unpaired) electrons. The van der Waals surface area contributed by atoms with Crippen molar-refractivity contribution in [1.29, 1.82) is 0 Å². The van der Waals surface area contributed by atoms with Gasteiger partial charge in [-0.25, -0.2) is 0 Å². The van der Waals surface area contributed by atoms with Crippen molar-refractivity contribution in [2.24, 2.45) is 5.92 Å². The van der Waals surface area contributed by atoms with E-state index in [1.165, 1.54) is 12.8 Å². The molecule has 1 aliphatic carbocycles. The highest BCUT2D eigenvalue weighted by Gasteiger charge is 2.42. The molecule has 1 saturated carbocycles. The highest BCUT2D eigenvalue weighted by Crippen LogP contribution is 2.47. The summed E-state index contributed by atoms with van der Waals surface area (Å²) in [5, 5.41) is 10.3. The van der Waals surface area contributed by atoms with Gasteiger partial charge < -0.3 is 9.84 Å². The molecule has 1 fully saturated rings. The van der Waals surface area contributed by atoms with E-state index in [1.807, 2.05) is 18.2 Å². The number of fused-ring (bicyclic) bond motifs is 1. The number of halogens is 1. The van der Waals surface area contributed by atoms with Crippen LogP contribution < -0.4 is 4.74 Å². The third-order valence-electron chi connectivity index (χ3n) is 4.41. The molecule has 1 N–H and O–H groups in total. The lowest BCUT2D eigenvalue weighted by molar-refractivity contribution is -0.0454. The summed E-state index contributed by atoms with van der Waals surface area (Å²) in [6, 6.07) is 5.91. The molecule has 0 aromatic heterocycles. The van der Waals surface area contributed by atoms with Gasteiger partial charge >= 0.3 is 0 Å². The van der Waals surface area contributed by atoms with Crippen molar-refractivity contribution in [3.05, 3.63) is 28.2 Å². The fourth-order valence-corrected chi connectivity index (χ4v) is 3.54. The van der Waals surface area contributed by atoms with Crippen molar-refractivity contribution in [3.63, 3.8) is 0 Å². The summed E-state index contributed by atoms with van der Waals surface area (Å²) >= 11 is 3.47. The van der Waals surface area contributed by atoms with Crippen LogP contribution in [0.15, 0.2) is 22.7 Å². The fraction of sp³-hybridized carbons (Fsp3) is 0.600. The van der Waals surface area contributed by atoms with Crippen LogP contribution in [0.1, 0.15) is 50.7 Å². The summed E-state index contributed by atoms with van der Waals surface area (Å²) in [6.45, 7) is 2.30. The van der Waals surface area contributed by atoms with E-state index in [2.05, 4.69) is 22.9 Å². The Kier molecular flexibility index (Phi) is 3.15. The predicted octanol–water partition coefficient (Wildman–Crippen LogP) is 4.21. The van der Waals surface area contributed by atoms with Gasteiger partial charge in [-0.3, -0.25) is 0 Å². The zero-order chi connectivity index (χ0) is 12.8. The molecular formula is C15H19BrO2. The van der Waals surface area contributed by atoms with E-state index in [1.54, 1.807) is 0 Å². The van der Waals surface area contributed by atoms with Crippen LogP contribution in [0.25, 0.3) is 0 Å². The van der Waals surface area contributed by atoms with E-state index in [-0.39, 0.29) is 11.7 Å². The molecule has 1 aromatic carbocycles. The minimum atomic E-state index is -0.379. The molecule has 2 aliphatic rings. The average molecular weight is 311 g/mol. The van der Waals surface area contributed by atoms with Crippen LogP contribution in [0.5, 0.6) is 5.75 Å². The summed E-state index contributed by atoms with van der Waals surface area (Å²) in [6.07, 6.45) is 4.91. The Hall–Kier alpha value is -0.540. The second-order valence-electron chi connectivity index (χ2n) is 5.87. The molecule has 1 spiro atoms. The average Bonchev–Trinajstić information content (AvgIpc) is 2.33. The largest absolute Gasteiger partial charge is 0.487 e. The summed E-state index contributed by atoms with van der Waals surface area (Å²) in [7, 11) is 0. The first kappa shape index (κ1) is 12.5. The van der Waals surface area contributed by atoms with Gasteiger partial charge in [0, 0.05) is 16.5 Å². The van der Waals surface area contributed by atoms with Crippen LogP contribution in [-0.2, 0) is 0 Å². The second-order valence-corrected chi connectivity index (χ2v) is 6.79. The first-order valence-electron chi connectivity index (χ1n) is 6.74. The molecular weight excluding hydrogens is 292 g/mol. The van der Waals surface area contributed by atoms with Crippen molar-refractivity contribution < 1.29 is 9.84 Å². The standard InChI is InChI=1S/C15H19BrO2/c1-10-4-6-15(7-5-10)9-13(17)12-3-2-11(16)8-14(12)18-15/h2-3,8,10,13,17H,4-7,9H2,1H3/t10?,13-,15?/m0/s1. The van der Waals surface area contributed by atoms with Crippen LogP contribution in [0.4, 0.5) is 0 Å². The molecule has 0 unspecified atom stereocenters. The van der Waals surface area contributed by atoms with Crippen molar-refractivity contribution in [3.8, 4) is 5.75 Å². The number of benzene rings is 1. The molecule has 0 amide bonds. The Morgan fingerprint density at radius 3 is 2.78 bits per heavy atom. The number of hydrogen-bond donors (Lipinski definition) is 1. The molecule has 3 rings (SSSR count). The Balaban J connectivity index is 1.90. The number of aliphatic hydroxyl groups excluding tert-OH is 1. The van der Waals surface area contributed by atoms with Gasteiger partial charge in [0.25, 0.3) is 0 Å². The molecule has 1 heterocycles. The maximum Gasteiger partial charge on any atom is 0.127 e. The van der Waals surface area contributed by atoms with Gasteiger partial charge in [-0.1, -0.05) is 28.9 Å². The Morgan fingerprint density at radius 2 is 2.06 bits per heavy atom. The zero-order valence-corrected chi connectivity index (χ0v) is 12.2. The summed E-state index contributed by atoms with van der Waals surface area (Å²) in [5.74, 6) is 1.65. The summed E-state index contributed by atoms with van der Waals surface area (Å²) in [5.41, 5.74) is 0.808. The molecule has 0 bridgehead atoms. The molecule has 1 atom stereocenters. The van der Waals surface area contributed by atoms with Crippen molar-refractivity contribution >= 4 is 15.9 Å². The van der Waals surface area contributed by atoms with E-state index in [0.717, 1.165) is 41.0 Å². The predicted molar refractivity (Wildman–Crippen MR) is 74.7 cm³/mol. The lowest BCUT2D eigenvalue weighted by Crippen LogP contribution is -2.43.